The van der Waals surface area contributed by atoms with Gasteiger partial charge in [0.05, 0.1) is 5.56 Å². The Morgan fingerprint density at radius 2 is 1.75 bits per heavy atom. The number of carboxylic acid groups (broad SMARTS) is 1. The Morgan fingerprint density at radius 1 is 1.33 bits per heavy atom. The van der Waals surface area contributed by atoms with Crippen LogP contribution in [0.2, 0.25) is 0 Å². The summed E-state index contributed by atoms with van der Waals surface area (Å²) >= 11 is 0. The minimum absolute atomic E-state index is 0.0833. The van der Waals surface area contributed by atoms with Gasteiger partial charge in [0.15, 0.2) is 0 Å². The number of benzene rings is 1. The maximum absolute atomic E-state index is 11.2. The molecule has 1 aromatic carbocycles. The Hall–Kier alpha value is -1.51. The number of aryl methyl sites for hydroxylation is 2. The molecule has 0 radical (unpaired) electrons. The van der Waals surface area contributed by atoms with Gasteiger partial charge in [-0.1, -0.05) is 11.1 Å². The first kappa shape index (κ1) is 8.59. The fraction of sp³-hybridized carbons (Fsp3) is 0.222. The highest BCUT2D eigenvalue weighted by molar-refractivity contribution is 5.88. The Kier molecular flexibility index (Phi) is 2.04. The molecule has 64 valence electrons. The first-order valence-electron chi connectivity index (χ1n) is 3.54. The van der Waals surface area contributed by atoms with Gasteiger partial charge in [0.2, 0.25) is 0 Å². The van der Waals surface area contributed by atoms with Crippen molar-refractivity contribution in [3.63, 3.8) is 0 Å². The minimum Gasteiger partial charge on any atom is -0.872 e. The van der Waals surface area contributed by atoms with E-state index in [0.29, 0.717) is 11.1 Å². The molecule has 3 nitrogen and oxygen atoms in total. The van der Waals surface area contributed by atoms with Crippen LogP contribution >= 0.6 is 0 Å². The number of carbonyl (C=O) groups is 1. The van der Waals surface area contributed by atoms with Crippen LogP contribution in [0, 0.1) is 13.8 Å². The largest absolute Gasteiger partial charge is 0.872 e. The summed E-state index contributed by atoms with van der Waals surface area (Å²) in [5.41, 5.74) is 1.13. The van der Waals surface area contributed by atoms with Gasteiger partial charge in [-0.15, -0.1) is 5.75 Å². The first-order chi connectivity index (χ1) is 5.52. The maximum atomic E-state index is 11.2. The summed E-state index contributed by atoms with van der Waals surface area (Å²) in [6.45, 7) is 3.23. The van der Waals surface area contributed by atoms with Crippen molar-refractivity contribution in [3.8, 4) is 5.75 Å². The van der Waals surface area contributed by atoms with Crippen LogP contribution in [0.15, 0.2) is 12.1 Å². The second-order valence-electron chi connectivity index (χ2n) is 2.74. The first-order valence-corrected chi connectivity index (χ1v) is 3.54. The van der Waals surface area contributed by atoms with Crippen molar-refractivity contribution in [1.82, 2.24) is 0 Å². The molecule has 0 atom stereocenters. The van der Waals surface area contributed by atoms with E-state index in [9.17, 15) is 9.90 Å². The molecule has 12 heavy (non-hydrogen) atoms. The zero-order chi connectivity index (χ0) is 9.30. The average Bonchev–Trinajstić information content (AvgIpc) is 1.99. The SMILES string of the molecule is Cc1cc(C(=O)O)cc(C)c1[O-]. The molecule has 0 saturated heterocycles. The summed E-state index contributed by atoms with van der Waals surface area (Å²) in [4.78, 5) is 10.5. The predicted molar refractivity (Wildman–Crippen MR) is 42.3 cm³/mol. The van der Waals surface area contributed by atoms with E-state index in [-0.39, 0.29) is 11.3 Å². The summed E-state index contributed by atoms with van der Waals surface area (Å²) in [5, 5.41) is 19.8. The Morgan fingerprint density at radius 3 is 2.08 bits per heavy atom. The van der Waals surface area contributed by atoms with E-state index in [1.165, 1.54) is 12.1 Å². The van der Waals surface area contributed by atoms with E-state index in [1.807, 2.05) is 0 Å². The monoisotopic (exact) mass is 165 g/mol. The molecule has 0 amide bonds. The van der Waals surface area contributed by atoms with Gasteiger partial charge in [-0.05, 0) is 26.0 Å². The second-order valence-corrected chi connectivity index (χ2v) is 2.74. The van der Waals surface area contributed by atoms with Crippen molar-refractivity contribution in [3.05, 3.63) is 28.8 Å². The molecule has 1 aromatic rings. The van der Waals surface area contributed by atoms with E-state index < -0.39 is 5.97 Å². The lowest BCUT2D eigenvalue weighted by Gasteiger charge is -2.14. The van der Waals surface area contributed by atoms with Gasteiger partial charge in [0.25, 0.3) is 0 Å². The molecule has 0 bridgehead atoms. The van der Waals surface area contributed by atoms with Crippen LogP contribution in [0.1, 0.15) is 21.5 Å². The molecule has 0 aliphatic rings. The van der Waals surface area contributed by atoms with Crippen LogP contribution in [-0.2, 0) is 0 Å². The predicted octanol–water partition coefficient (Wildman–Crippen LogP) is 1.08. The van der Waals surface area contributed by atoms with Crippen molar-refractivity contribution < 1.29 is 15.0 Å². The third-order valence-electron chi connectivity index (χ3n) is 1.71. The van der Waals surface area contributed by atoms with Crippen molar-refractivity contribution in [2.45, 2.75) is 13.8 Å². The van der Waals surface area contributed by atoms with Gasteiger partial charge in [-0.3, -0.25) is 0 Å². The van der Waals surface area contributed by atoms with E-state index in [2.05, 4.69) is 0 Å². The number of hydrogen-bond acceptors (Lipinski definition) is 2. The lowest BCUT2D eigenvalue weighted by molar-refractivity contribution is -0.270. The molecule has 1 rings (SSSR count). The van der Waals surface area contributed by atoms with Crippen LogP contribution in [0.3, 0.4) is 0 Å². The molecule has 0 unspecified atom stereocenters. The van der Waals surface area contributed by atoms with Gasteiger partial charge in [-0.2, -0.15) is 0 Å². The third kappa shape index (κ3) is 1.39. The molecule has 0 fully saturated rings. The number of hydrogen-bond donors (Lipinski definition) is 1. The molecule has 0 spiro atoms. The molecule has 1 N–H and O–H groups in total. The van der Waals surface area contributed by atoms with Gasteiger partial charge < -0.3 is 10.2 Å². The lowest BCUT2D eigenvalue weighted by Crippen LogP contribution is -2.02. The zero-order valence-electron chi connectivity index (χ0n) is 6.92. The van der Waals surface area contributed by atoms with Crippen molar-refractivity contribution in [2.75, 3.05) is 0 Å². The number of rotatable bonds is 1. The van der Waals surface area contributed by atoms with Crippen LogP contribution in [0.4, 0.5) is 0 Å². The van der Waals surface area contributed by atoms with Crippen LogP contribution in [0.25, 0.3) is 0 Å². The van der Waals surface area contributed by atoms with E-state index in [1.54, 1.807) is 13.8 Å². The normalized spacial score (nSPS) is 9.83. The van der Waals surface area contributed by atoms with Gasteiger partial charge in [-0.25, -0.2) is 4.79 Å². The Labute approximate surface area is 70.3 Å². The topological polar surface area (TPSA) is 60.4 Å². The van der Waals surface area contributed by atoms with E-state index in [0.717, 1.165) is 0 Å². The summed E-state index contributed by atoms with van der Waals surface area (Å²) in [5.74, 6) is -1.08. The molecule has 0 saturated carbocycles. The number of aromatic carboxylic acids is 1. The van der Waals surface area contributed by atoms with Crippen molar-refractivity contribution in [2.24, 2.45) is 0 Å². The Bertz CT molecular complexity index is 306. The maximum Gasteiger partial charge on any atom is 0.335 e. The molecule has 0 aliphatic heterocycles. The van der Waals surface area contributed by atoms with Crippen LogP contribution < -0.4 is 5.11 Å². The molecular weight excluding hydrogens is 156 g/mol. The van der Waals surface area contributed by atoms with Crippen molar-refractivity contribution in [1.29, 1.82) is 0 Å². The van der Waals surface area contributed by atoms with Crippen molar-refractivity contribution >= 4 is 5.97 Å². The van der Waals surface area contributed by atoms with Gasteiger partial charge >= 0.3 is 5.97 Å². The third-order valence-corrected chi connectivity index (χ3v) is 1.71. The quantitative estimate of drug-likeness (QED) is 0.677. The lowest BCUT2D eigenvalue weighted by atomic mass is 10.1. The van der Waals surface area contributed by atoms with Crippen LogP contribution in [0.5, 0.6) is 5.75 Å². The highest BCUT2D eigenvalue weighted by Crippen LogP contribution is 2.19. The van der Waals surface area contributed by atoms with Crippen LogP contribution in [-0.4, -0.2) is 11.1 Å². The van der Waals surface area contributed by atoms with Gasteiger partial charge in [0.1, 0.15) is 0 Å². The smallest absolute Gasteiger partial charge is 0.335 e. The number of carboxylic acids is 1. The molecule has 3 heteroatoms. The fourth-order valence-electron chi connectivity index (χ4n) is 1.07. The highest BCUT2D eigenvalue weighted by atomic mass is 16.4. The summed E-state index contributed by atoms with van der Waals surface area (Å²) in [6.07, 6.45) is 0. The van der Waals surface area contributed by atoms with E-state index in [4.69, 9.17) is 5.11 Å². The molecular formula is C9H9O3-. The average molecular weight is 165 g/mol. The minimum atomic E-state index is -0.999. The Balaban J connectivity index is 3.31. The molecule has 0 heterocycles. The summed E-state index contributed by atoms with van der Waals surface area (Å²) in [7, 11) is 0. The molecule has 0 aliphatic carbocycles. The standard InChI is InChI=1S/C9H10O3/c1-5-3-7(9(11)12)4-6(2)8(5)10/h3-4,10H,1-2H3,(H,11,12)/p-1. The van der Waals surface area contributed by atoms with E-state index >= 15 is 0 Å². The second kappa shape index (κ2) is 2.85. The molecule has 0 aromatic heterocycles. The van der Waals surface area contributed by atoms with Gasteiger partial charge in [0, 0.05) is 0 Å². The summed E-state index contributed by atoms with van der Waals surface area (Å²) in [6, 6.07) is 2.77. The zero-order valence-corrected chi connectivity index (χ0v) is 6.92. The fourth-order valence-corrected chi connectivity index (χ4v) is 1.07. The highest BCUT2D eigenvalue weighted by Gasteiger charge is 2.03. The summed E-state index contributed by atoms with van der Waals surface area (Å²) < 4.78 is 0.